The molecule has 1 atom stereocenters. The first kappa shape index (κ1) is 23.0. The minimum atomic E-state index is -0.00967. The van der Waals surface area contributed by atoms with E-state index in [1.54, 1.807) is 7.11 Å². The van der Waals surface area contributed by atoms with E-state index in [0.717, 1.165) is 37.9 Å². The summed E-state index contributed by atoms with van der Waals surface area (Å²) in [6.45, 7) is 12.5. The Morgan fingerprint density at radius 1 is 1.19 bits per heavy atom. The van der Waals surface area contributed by atoms with Crippen LogP contribution in [0.25, 0.3) is 0 Å². The molecule has 6 heteroatoms. The molecule has 1 aromatic rings. The number of methoxy groups -OCH3 is 1. The summed E-state index contributed by atoms with van der Waals surface area (Å²) in [4.78, 5) is 7.43. The van der Waals surface area contributed by atoms with Crippen LogP contribution in [-0.2, 0) is 0 Å². The highest BCUT2D eigenvalue weighted by Gasteiger charge is 2.23. The normalized spacial score (nSPS) is 16.7. The van der Waals surface area contributed by atoms with Crippen LogP contribution in [0, 0.1) is 0 Å². The first-order chi connectivity index (χ1) is 11.9. The second kappa shape index (κ2) is 11.0. The van der Waals surface area contributed by atoms with Gasteiger partial charge in [0.05, 0.1) is 19.7 Å². The Balaban J connectivity index is 0.00000338. The molecule has 1 fully saturated rings. The van der Waals surface area contributed by atoms with Gasteiger partial charge in [0.15, 0.2) is 5.96 Å². The first-order valence-corrected chi connectivity index (χ1v) is 9.37. The van der Waals surface area contributed by atoms with E-state index >= 15 is 0 Å². The minimum Gasteiger partial charge on any atom is -0.497 e. The van der Waals surface area contributed by atoms with Crippen molar-refractivity contribution >= 4 is 29.9 Å². The van der Waals surface area contributed by atoms with E-state index in [1.807, 2.05) is 12.1 Å². The average Bonchev–Trinajstić information content (AvgIpc) is 3.08. The predicted octanol–water partition coefficient (Wildman–Crippen LogP) is 3.80. The van der Waals surface area contributed by atoms with Gasteiger partial charge in [-0.3, -0.25) is 9.89 Å². The molecule has 1 saturated heterocycles. The Morgan fingerprint density at radius 3 is 2.31 bits per heavy atom. The maximum absolute atomic E-state index is 5.30. The standard InChI is InChI=1S/C20H34N4O.HI/c1-6-21-19(23-20(2,3)4)22-15-18(24-13-7-8-14-24)16-9-11-17(25-5)12-10-16;/h9-12,18H,6-8,13-15H2,1-5H3,(H2,21,22,23);1H. The van der Waals surface area contributed by atoms with Crippen molar-refractivity contribution in [1.29, 1.82) is 0 Å². The summed E-state index contributed by atoms with van der Waals surface area (Å²) >= 11 is 0. The molecule has 0 aromatic heterocycles. The summed E-state index contributed by atoms with van der Waals surface area (Å²) in [5.74, 6) is 1.78. The van der Waals surface area contributed by atoms with Crippen molar-refractivity contribution in [2.24, 2.45) is 4.99 Å². The van der Waals surface area contributed by atoms with Gasteiger partial charge in [0.2, 0.25) is 0 Å². The number of nitrogens with zero attached hydrogens (tertiary/aromatic N) is 2. The molecule has 1 aliphatic heterocycles. The monoisotopic (exact) mass is 474 g/mol. The lowest BCUT2D eigenvalue weighted by molar-refractivity contribution is 0.251. The summed E-state index contributed by atoms with van der Waals surface area (Å²) in [6.07, 6.45) is 2.55. The summed E-state index contributed by atoms with van der Waals surface area (Å²) in [5, 5.41) is 6.83. The third-order valence-electron chi connectivity index (χ3n) is 4.34. The molecule has 2 rings (SSSR count). The van der Waals surface area contributed by atoms with Gasteiger partial charge in [0.25, 0.3) is 0 Å². The molecule has 1 unspecified atom stereocenters. The molecule has 0 saturated carbocycles. The van der Waals surface area contributed by atoms with Crippen LogP contribution in [0.4, 0.5) is 0 Å². The number of halogens is 1. The molecule has 2 N–H and O–H groups in total. The van der Waals surface area contributed by atoms with Crippen molar-refractivity contribution in [1.82, 2.24) is 15.5 Å². The lowest BCUT2D eigenvalue weighted by atomic mass is 10.1. The maximum atomic E-state index is 5.30. The van der Waals surface area contributed by atoms with Gasteiger partial charge in [-0.25, -0.2) is 0 Å². The molecule has 0 aliphatic carbocycles. The van der Waals surface area contributed by atoms with E-state index in [1.165, 1.54) is 18.4 Å². The third kappa shape index (κ3) is 7.31. The van der Waals surface area contributed by atoms with Crippen LogP contribution < -0.4 is 15.4 Å². The number of aliphatic imine (C=N–C) groups is 1. The summed E-state index contributed by atoms with van der Waals surface area (Å²) in [6, 6.07) is 8.73. The van der Waals surface area contributed by atoms with E-state index in [4.69, 9.17) is 9.73 Å². The summed E-state index contributed by atoms with van der Waals surface area (Å²) in [5.41, 5.74) is 1.29. The number of rotatable bonds is 6. The SMILES string of the molecule is CCNC(=NCC(c1ccc(OC)cc1)N1CCCC1)NC(C)(C)C.I. The molecule has 1 heterocycles. The zero-order chi connectivity index (χ0) is 18.3. The van der Waals surface area contributed by atoms with Gasteiger partial charge in [0, 0.05) is 12.1 Å². The molecular weight excluding hydrogens is 439 g/mol. The van der Waals surface area contributed by atoms with Crippen molar-refractivity contribution in [2.45, 2.75) is 52.1 Å². The molecule has 26 heavy (non-hydrogen) atoms. The zero-order valence-corrected chi connectivity index (χ0v) is 19.2. The number of likely N-dealkylation sites (tertiary alicyclic amines) is 1. The van der Waals surface area contributed by atoms with Crippen molar-refractivity contribution in [3.63, 3.8) is 0 Å². The van der Waals surface area contributed by atoms with Gasteiger partial charge in [-0.1, -0.05) is 12.1 Å². The number of guanidine groups is 1. The summed E-state index contributed by atoms with van der Waals surface area (Å²) in [7, 11) is 1.71. The van der Waals surface area contributed by atoms with Gasteiger partial charge in [-0.15, -0.1) is 24.0 Å². The van der Waals surface area contributed by atoms with Crippen LogP contribution in [0.5, 0.6) is 5.75 Å². The molecule has 0 spiro atoms. The Kier molecular flexibility index (Phi) is 9.71. The van der Waals surface area contributed by atoms with Gasteiger partial charge >= 0.3 is 0 Å². The molecule has 5 nitrogen and oxygen atoms in total. The van der Waals surface area contributed by atoms with E-state index < -0.39 is 0 Å². The molecular formula is C20H35IN4O. The smallest absolute Gasteiger partial charge is 0.191 e. The number of ether oxygens (including phenoxy) is 1. The van der Waals surface area contributed by atoms with E-state index in [0.29, 0.717) is 6.04 Å². The fourth-order valence-corrected chi connectivity index (χ4v) is 3.15. The third-order valence-corrected chi connectivity index (χ3v) is 4.34. The van der Waals surface area contributed by atoms with Crippen molar-refractivity contribution in [2.75, 3.05) is 33.3 Å². The zero-order valence-electron chi connectivity index (χ0n) is 16.8. The lowest BCUT2D eigenvalue weighted by Gasteiger charge is -2.28. The fourth-order valence-electron chi connectivity index (χ4n) is 3.15. The predicted molar refractivity (Wildman–Crippen MR) is 121 cm³/mol. The Bertz CT molecular complexity index is 548. The Morgan fingerprint density at radius 2 is 1.81 bits per heavy atom. The maximum Gasteiger partial charge on any atom is 0.191 e. The number of hydrogen-bond donors (Lipinski definition) is 2. The fraction of sp³-hybridized carbons (Fsp3) is 0.650. The Labute approximate surface area is 176 Å². The first-order valence-electron chi connectivity index (χ1n) is 9.37. The van der Waals surface area contributed by atoms with Crippen LogP contribution in [0.15, 0.2) is 29.3 Å². The van der Waals surface area contributed by atoms with Gasteiger partial charge in [-0.2, -0.15) is 0 Å². The van der Waals surface area contributed by atoms with Crippen LogP contribution in [0.2, 0.25) is 0 Å². The van der Waals surface area contributed by atoms with Gasteiger partial charge in [-0.05, 0) is 71.3 Å². The van der Waals surface area contributed by atoms with Crippen LogP contribution in [0.3, 0.4) is 0 Å². The largest absolute Gasteiger partial charge is 0.497 e. The van der Waals surface area contributed by atoms with E-state index in [9.17, 15) is 0 Å². The van der Waals surface area contributed by atoms with Crippen LogP contribution >= 0.6 is 24.0 Å². The van der Waals surface area contributed by atoms with Crippen LogP contribution in [0.1, 0.15) is 52.1 Å². The molecule has 1 aliphatic rings. The molecule has 148 valence electrons. The molecule has 1 aromatic carbocycles. The van der Waals surface area contributed by atoms with E-state index in [-0.39, 0.29) is 29.5 Å². The van der Waals surface area contributed by atoms with E-state index in [2.05, 4.69) is 55.4 Å². The summed E-state index contributed by atoms with van der Waals surface area (Å²) < 4.78 is 5.30. The number of hydrogen-bond acceptors (Lipinski definition) is 3. The molecule has 0 amide bonds. The number of nitrogens with one attached hydrogen (secondary N) is 2. The minimum absolute atomic E-state index is 0. The number of benzene rings is 1. The Hall–Kier alpha value is -1.02. The second-order valence-corrected chi connectivity index (χ2v) is 7.63. The van der Waals surface area contributed by atoms with Gasteiger partial charge in [0.1, 0.15) is 5.75 Å². The van der Waals surface area contributed by atoms with Crippen molar-refractivity contribution in [3.05, 3.63) is 29.8 Å². The quantitative estimate of drug-likeness (QED) is 0.374. The highest BCUT2D eigenvalue weighted by Crippen LogP contribution is 2.27. The van der Waals surface area contributed by atoms with Crippen molar-refractivity contribution in [3.8, 4) is 5.75 Å². The second-order valence-electron chi connectivity index (χ2n) is 7.63. The highest BCUT2D eigenvalue weighted by atomic mass is 127. The van der Waals surface area contributed by atoms with Gasteiger partial charge < -0.3 is 15.4 Å². The van der Waals surface area contributed by atoms with Crippen molar-refractivity contribution < 1.29 is 4.74 Å². The van der Waals surface area contributed by atoms with Crippen LogP contribution in [-0.4, -0.2) is 49.7 Å². The topological polar surface area (TPSA) is 48.9 Å². The molecule has 0 bridgehead atoms. The average molecular weight is 474 g/mol. The highest BCUT2D eigenvalue weighted by molar-refractivity contribution is 14.0. The molecule has 0 radical (unpaired) electrons. The lowest BCUT2D eigenvalue weighted by Crippen LogP contribution is -2.48.